The van der Waals surface area contributed by atoms with Crippen molar-refractivity contribution in [2.24, 2.45) is 5.84 Å². The van der Waals surface area contributed by atoms with E-state index >= 15 is 0 Å². The molecule has 2 N–H and O–H groups in total. The highest BCUT2D eigenvalue weighted by molar-refractivity contribution is 5.48. The van der Waals surface area contributed by atoms with Crippen molar-refractivity contribution in [3.8, 4) is 0 Å². The zero-order chi connectivity index (χ0) is 12.2. The van der Waals surface area contributed by atoms with Crippen molar-refractivity contribution in [3.63, 3.8) is 0 Å². The normalized spacial score (nSPS) is 10.9. The minimum absolute atomic E-state index is 0. The quantitative estimate of drug-likeness (QED) is 0.407. The van der Waals surface area contributed by atoms with Crippen LogP contribution in [0.3, 0.4) is 0 Å². The number of anilines is 1. The lowest BCUT2D eigenvalue weighted by molar-refractivity contribution is -0.900. The van der Waals surface area contributed by atoms with Gasteiger partial charge in [0, 0.05) is 12.2 Å². The molecule has 0 aliphatic heterocycles. The SMILES string of the molecule is CCN(CC[N+](C)(C)N)c1cccc(C)c1.[Cl-]. The van der Waals surface area contributed by atoms with Gasteiger partial charge in [-0.2, -0.15) is 5.84 Å². The van der Waals surface area contributed by atoms with Gasteiger partial charge in [0.25, 0.3) is 0 Å². The number of nitrogens with two attached hydrogens (primary N) is 1. The smallest absolute Gasteiger partial charge is 0.113 e. The molecular formula is C13H24ClN3. The fourth-order valence-corrected chi connectivity index (χ4v) is 1.67. The van der Waals surface area contributed by atoms with E-state index < -0.39 is 0 Å². The fourth-order valence-electron chi connectivity index (χ4n) is 1.67. The van der Waals surface area contributed by atoms with Gasteiger partial charge in [0.2, 0.25) is 0 Å². The molecule has 0 saturated carbocycles. The number of halogens is 1. The first-order valence-corrected chi connectivity index (χ1v) is 5.85. The van der Waals surface area contributed by atoms with E-state index in [0.717, 1.165) is 19.6 Å². The summed E-state index contributed by atoms with van der Waals surface area (Å²) in [5, 5.41) is 0. The number of nitrogens with zero attached hydrogens (tertiary/aromatic N) is 2. The molecule has 0 atom stereocenters. The lowest BCUT2D eigenvalue weighted by Gasteiger charge is -2.28. The first-order chi connectivity index (χ1) is 7.42. The van der Waals surface area contributed by atoms with Crippen molar-refractivity contribution in [2.75, 3.05) is 38.6 Å². The highest BCUT2D eigenvalue weighted by atomic mass is 35.5. The number of benzene rings is 1. The zero-order valence-corrected chi connectivity index (χ0v) is 12.0. The van der Waals surface area contributed by atoms with Gasteiger partial charge in [0.15, 0.2) is 0 Å². The standard InChI is InChI=1S/C13H24N3.ClH/c1-5-15(9-10-16(3,4)14)13-8-6-7-12(2)11-13;/h6-8,11H,5,9-10,14H2,1-4H3;1H/q+1;/p-1. The molecule has 1 rings (SSSR count). The molecule has 0 aliphatic rings. The van der Waals surface area contributed by atoms with Gasteiger partial charge in [0.1, 0.15) is 6.54 Å². The van der Waals surface area contributed by atoms with Crippen LogP contribution in [0.1, 0.15) is 12.5 Å². The molecular weight excluding hydrogens is 234 g/mol. The number of likely N-dealkylation sites (N-methyl/N-ethyl adjacent to an activating group) is 2. The van der Waals surface area contributed by atoms with Crippen LogP contribution in [0, 0.1) is 6.92 Å². The minimum Gasteiger partial charge on any atom is -1.00 e. The van der Waals surface area contributed by atoms with Crippen molar-refractivity contribution >= 4 is 5.69 Å². The third-order valence-corrected chi connectivity index (χ3v) is 2.69. The summed E-state index contributed by atoms with van der Waals surface area (Å²) < 4.78 is 0.516. The van der Waals surface area contributed by atoms with Crippen LogP contribution in [0.5, 0.6) is 0 Å². The molecule has 0 spiro atoms. The number of hydrogen-bond acceptors (Lipinski definition) is 2. The molecule has 1 aromatic carbocycles. The Bertz CT molecular complexity index is 334. The molecule has 0 aromatic heterocycles. The van der Waals surface area contributed by atoms with E-state index in [1.54, 1.807) is 0 Å². The van der Waals surface area contributed by atoms with E-state index in [9.17, 15) is 0 Å². The van der Waals surface area contributed by atoms with Gasteiger partial charge < -0.3 is 17.3 Å². The lowest BCUT2D eigenvalue weighted by atomic mass is 10.2. The minimum atomic E-state index is 0. The Kier molecular flexibility index (Phi) is 6.53. The van der Waals surface area contributed by atoms with Gasteiger partial charge in [-0.25, -0.2) is 0 Å². The molecule has 3 nitrogen and oxygen atoms in total. The van der Waals surface area contributed by atoms with Gasteiger partial charge in [0.05, 0.1) is 20.6 Å². The lowest BCUT2D eigenvalue weighted by Crippen LogP contribution is -3.00. The maximum Gasteiger partial charge on any atom is 0.113 e. The molecule has 0 fully saturated rings. The van der Waals surface area contributed by atoms with Crippen LogP contribution in [0.25, 0.3) is 0 Å². The summed E-state index contributed by atoms with van der Waals surface area (Å²) in [6.07, 6.45) is 0. The van der Waals surface area contributed by atoms with E-state index in [1.165, 1.54) is 11.3 Å². The predicted molar refractivity (Wildman–Crippen MR) is 70.2 cm³/mol. The number of rotatable bonds is 5. The molecule has 0 amide bonds. The maximum atomic E-state index is 5.96. The van der Waals surface area contributed by atoms with Gasteiger partial charge >= 0.3 is 0 Å². The van der Waals surface area contributed by atoms with E-state index in [1.807, 2.05) is 14.1 Å². The van der Waals surface area contributed by atoms with Crippen LogP contribution in [0.4, 0.5) is 5.69 Å². The Hall–Kier alpha value is -0.770. The van der Waals surface area contributed by atoms with Gasteiger partial charge in [-0.15, -0.1) is 0 Å². The second kappa shape index (κ2) is 6.84. The largest absolute Gasteiger partial charge is 1.00 e. The number of aryl methyl sites for hydroxylation is 1. The van der Waals surface area contributed by atoms with Crippen LogP contribution in [0.2, 0.25) is 0 Å². The van der Waals surface area contributed by atoms with Crippen molar-refractivity contribution in [3.05, 3.63) is 29.8 Å². The maximum absolute atomic E-state index is 5.96. The van der Waals surface area contributed by atoms with Crippen molar-refractivity contribution in [1.82, 2.24) is 0 Å². The second-order valence-electron chi connectivity index (χ2n) is 4.92. The van der Waals surface area contributed by atoms with E-state index in [2.05, 4.69) is 43.0 Å². The third-order valence-electron chi connectivity index (χ3n) is 2.69. The van der Waals surface area contributed by atoms with Crippen LogP contribution >= 0.6 is 0 Å². The Morgan fingerprint density at radius 3 is 2.41 bits per heavy atom. The topological polar surface area (TPSA) is 29.3 Å². The molecule has 0 saturated heterocycles. The van der Waals surface area contributed by atoms with Crippen LogP contribution in [0.15, 0.2) is 24.3 Å². The van der Waals surface area contributed by atoms with Gasteiger partial charge in [-0.1, -0.05) is 12.1 Å². The summed E-state index contributed by atoms with van der Waals surface area (Å²) >= 11 is 0. The zero-order valence-electron chi connectivity index (χ0n) is 11.3. The first-order valence-electron chi connectivity index (χ1n) is 5.85. The number of hydrogen-bond donors (Lipinski definition) is 1. The molecule has 98 valence electrons. The molecule has 1 aromatic rings. The highest BCUT2D eigenvalue weighted by Gasteiger charge is 2.11. The average molecular weight is 258 g/mol. The van der Waals surface area contributed by atoms with Gasteiger partial charge in [-0.3, -0.25) is 4.59 Å². The predicted octanol–water partition coefficient (Wildman–Crippen LogP) is -1.22. The fraction of sp³-hybridized carbons (Fsp3) is 0.538. The monoisotopic (exact) mass is 257 g/mol. The molecule has 0 bridgehead atoms. The summed E-state index contributed by atoms with van der Waals surface area (Å²) in [5.41, 5.74) is 2.59. The number of quaternary nitrogens is 1. The van der Waals surface area contributed by atoms with Crippen molar-refractivity contribution in [1.29, 1.82) is 0 Å². The Balaban J connectivity index is 0.00000256. The molecule has 4 heteroatoms. The van der Waals surface area contributed by atoms with Crippen molar-refractivity contribution in [2.45, 2.75) is 13.8 Å². The first kappa shape index (κ1) is 16.2. The van der Waals surface area contributed by atoms with Crippen LogP contribution in [-0.2, 0) is 0 Å². The van der Waals surface area contributed by atoms with Gasteiger partial charge in [-0.05, 0) is 31.5 Å². The van der Waals surface area contributed by atoms with E-state index in [4.69, 9.17) is 5.84 Å². The molecule has 0 unspecified atom stereocenters. The summed E-state index contributed by atoms with van der Waals surface area (Å²) in [7, 11) is 4.04. The Labute approximate surface area is 111 Å². The Morgan fingerprint density at radius 1 is 1.29 bits per heavy atom. The van der Waals surface area contributed by atoms with E-state index in [0.29, 0.717) is 4.59 Å². The summed E-state index contributed by atoms with van der Waals surface area (Å²) in [6.45, 7) is 7.26. The van der Waals surface area contributed by atoms with Crippen LogP contribution < -0.4 is 23.1 Å². The second-order valence-corrected chi connectivity index (χ2v) is 4.92. The molecule has 17 heavy (non-hydrogen) atoms. The molecule has 0 radical (unpaired) electrons. The molecule has 0 heterocycles. The highest BCUT2D eigenvalue weighted by Crippen LogP contribution is 2.15. The average Bonchev–Trinajstić information content (AvgIpc) is 2.17. The van der Waals surface area contributed by atoms with Crippen LogP contribution in [-0.4, -0.2) is 38.3 Å². The summed E-state index contributed by atoms with van der Waals surface area (Å²) in [6, 6.07) is 8.61. The Morgan fingerprint density at radius 2 is 1.94 bits per heavy atom. The summed E-state index contributed by atoms with van der Waals surface area (Å²) in [5.74, 6) is 5.96. The molecule has 0 aliphatic carbocycles. The van der Waals surface area contributed by atoms with Crippen molar-refractivity contribution < 1.29 is 17.0 Å². The summed E-state index contributed by atoms with van der Waals surface area (Å²) in [4.78, 5) is 2.36. The third kappa shape index (κ3) is 5.91. The van der Waals surface area contributed by atoms with E-state index in [-0.39, 0.29) is 12.4 Å².